The molecule has 86 valence electrons. The average molecular weight is 220 g/mol. The number of allylic oxidation sites excluding steroid dienone is 1. The van der Waals surface area contributed by atoms with Crippen molar-refractivity contribution in [1.29, 1.82) is 0 Å². The molecule has 0 saturated heterocycles. The first-order valence-corrected chi connectivity index (χ1v) is 5.82. The van der Waals surface area contributed by atoms with E-state index < -0.39 is 0 Å². The van der Waals surface area contributed by atoms with Gasteiger partial charge < -0.3 is 5.32 Å². The van der Waals surface area contributed by atoms with Gasteiger partial charge >= 0.3 is 0 Å². The van der Waals surface area contributed by atoms with Crippen LogP contribution in [-0.4, -0.2) is 24.1 Å². The zero-order valence-electron chi connectivity index (χ0n) is 9.24. The highest BCUT2D eigenvalue weighted by atomic mass is 16.2. The van der Waals surface area contributed by atoms with Crippen molar-refractivity contribution in [2.45, 2.75) is 44.6 Å². The lowest BCUT2D eigenvalue weighted by molar-refractivity contribution is -0.121. The zero-order valence-corrected chi connectivity index (χ0v) is 9.24. The van der Waals surface area contributed by atoms with Crippen molar-refractivity contribution in [1.82, 2.24) is 5.32 Å². The quantitative estimate of drug-likeness (QED) is 0.764. The third kappa shape index (κ3) is 2.78. The molecule has 1 heterocycles. The molecule has 1 fully saturated rings. The van der Waals surface area contributed by atoms with E-state index in [-0.39, 0.29) is 24.3 Å². The highest BCUT2D eigenvalue weighted by Gasteiger charge is 2.20. The molecule has 1 N–H and O–H groups in total. The lowest BCUT2D eigenvalue weighted by Crippen LogP contribution is -2.37. The Hall–Kier alpha value is -1.45. The molecule has 0 spiro atoms. The predicted octanol–water partition coefficient (Wildman–Crippen LogP) is 1.36. The summed E-state index contributed by atoms with van der Waals surface area (Å²) in [6, 6.07) is 0.288. The molecule has 0 unspecified atom stereocenters. The second kappa shape index (κ2) is 5.05. The van der Waals surface area contributed by atoms with E-state index in [4.69, 9.17) is 0 Å². The lowest BCUT2D eigenvalue weighted by Gasteiger charge is -2.23. The maximum Gasteiger partial charge on any atom is 0.250 e. The maximum atomic E-state index is 11.8. The number of amides is 2. The molecule has 0 radical (unpaired) electrons. The average Bonchev–Trinajstić information content (AvgIpc) is 2.30. The largest absolute Gasteiger partial charge is 0.350 e. The Labute approximate surface area is 94.8 Å². The zero-order chi connectivity index (χ0) is 11.4. The number of hydrogen-bond acceptors (Lipinski definition) is 2. The molecule has 0 aromatic rings. The van der Waals surface area contributed by atoms with Gasteiger partial charge in [-0.2, -0.15) is 0 Å². The summed E-state index contributed by atoms with van der Waals surface area (Å²) in [6.07, 6.45) is 8.91. The topological polar surface area (TPSA) is 58.5 Å². The van der Waals surface area contributed by atoms with E-state index in [1.54, 1.807) is 6.08 Å². The molecular formula is C12H16N2O2. The summed E-state index contributed by atoms with van der Waals surface area (Å²) in [5.74, 6) is -0.345. The molecule has 2 rings (SSSR count). The van der Waals surface area contributed by atoms with E-state index in [0.717, 1.165) is 12.8 Å². The van der Waals surface area contributed by atoms with Gasteiger partial charge in [-0.1, -0.05) is 19.3 Å². The van der Waals surface area contributed by atoms with Gasteiger partial charge in [-0.25, -0.2) is 4.99 Å². The summed E-state index contributed by atoms with van der Waals surface area (Å²) in [5.41, 5.74) is 0.533. The summed E-state index contributed by atoms with van der Waals surface area (Å²) in [5, 5.41) is 2.99. The van der Waals surface area contributed by atoms with Gasteiger partial charge in [0.25, 0.3) is 0 Å². The second-order valence-electron chi connectivity index (χ2n) is 4.35. The Balaban J connectivity index is 1.89. The van der Waals surface area contributed by atoms with Crippen molar-refractivity contribution in [3.8, 4) is 0 Å². The van der Waals surface area contributed by atoms with E-state index in [0.29, 0.717) is 5.57 Å². The van der Waals surface area contributed by atoms with Gasteiger partial charge in [0.1, 0.15) is 0 Å². The molecular weight excluding hydrogens is 204 g/mol. The minimum Gasteiger partial charge on any atom is -0.350 e. The van der Waals surface area contributed by atoms with Gasteiger partial charge in [0.2, 0.25) is 11.8 Å². The van der Waals surface area contributed by atoms with Crippen molar-refractivity contribution in [3.05, 3.63) is 11.6 Å². The fourth-order valence-corrected chi connectivity index (χ4v) is 2.16. The fraction of sp³-hybridized carbons (Fsp3) is 0.583. The first kappa shape index (κ1) is 11.0. The summed E-state index contributed by atoms with van der Waals surface area (Å²) in [4.78, 5) is 26.5. The van der Waals surface area contributed by atoms with Crippen LogP contribution in [-0.2, 0) is 9.59 Å². The molecule has 1 aliphatic heterocycles. The number of carbonyl (C=O) groups excluding carboxylic acids is 2. The molecule has 2 amide bonds. The second-order valence-corrected chi connectivity index (χ2v) is 4.35. The van der Waals surface area contributed by atoms with E-state index in [2.05, 4.69) is 10.3 Å². The first-order chi connectivity index (χ1) is 7.75. The van der Waals surface area contributed by atoms with E-state index in [9.17, 15) is 9.59 Å². The highest BCUT2D eigenvalue weighted by molar-refractivity contribution is 6.06. The summed E-state index contributed by atoms with van der Waals surface area (Å²) in [6.45, 7) is 0. The Morgan fingerprint density at radius 3 is 2.75 bits per heavy atom. The monoisotopic (exact) mass is 220 g/mol. The van der Waals surface area contributed by atoms with Crippen LogP contribution in [0.3, 0.4) is 0 Å². The van der Waals surface area contributed by atoms with E-state index >= 15 is 0 Å². The van der Waals surface area contributed by atoms with Crippen LogP contribution in [0.15, 0.2) is 16.6 Å². The first-order valence-electron chi connectivity index (χ1n) is 5.82. The Kier molecular flexibility index (Phi) is 3.49. The third-order valence-electron chi connectivity index (χ3n) is 3.07. The summed E-state index contributed by atoms with van der Waals surface area (Å²) < 4.78 is 0. The highest BCUT2D eigenvalue weighted by Crippen LogP contribution is 2.18. The number of nitrogens with zero attached hydrogens (tertiary/aromatic N) is 1. The van der Waals surface area contributed by atoms with Crippen LogP contribution < -0.4 is 5.32 Å². The lowest BCUT2D eigenvalue weighted by atomic mass is 9.95. The maximum absolute atomic E-state index is 11.8. The van der Waals surface area contributed by atoms with Gasteiger partial charge in [0.05, 0.1) is 6.42 Å². The molecule has 0 atom stereocenters. The number of rotatable bonds is 2. The summed E-state index contributed by atoms with van der Waals surface area (Å²) in [7, 11) is 0. The van der Waals surface area contributed by atoms with Gasteiger partial charge in [-0.15, -0.1) is 0 Å². The summed E-state index contributed by atoms with van der Waals surface area (Å²) >= 11 is 0. The van der Waals surface area contributed by atoms with Crippen molar-refractivity contribution >= 4 is 18.0 Å². The van der Waals surface area contributed by atoms with Crippen LogP contribution in [0.5, 0.6) is 0 Å². The number of aliphatic imine (C=N–C) groups is 1. The normalized spacial score (nSPS) is 21.8. The van der Waals surface area contributed by atoms with E-state index in [1.807, 2.05) is 0 Å². The Morgan fingerprint density at radius 2 is 2.06 bits per heavy atom. The van der Waals surface area contributed by atoms with Gasteiger partial charge in [-0.3, -0.25) is 9.59 Å². The number of hydrogen-bond donors (Lipinski definition) is 1. The Morgan fingerprint density at radius 1 is 1.31 bits per heavy atom. The van der Waals surface area contributed by atoms with Crippen LogP contribution in [0, 0.1) is 0 Å². The molecule has 0 bridgehead atoms. The molecule has 2 aliphatic rings. The minimum atomic E-state index is -0.240. The van der Waals surface area contributed by atoms with Crippen LogP contribution in [0.2, 0.25) is 0 Å². The van der Waals surface area contributed by atoms with Crippen LogP contribution >= 0.6 is 0 Å². The number of nitrogens with one attached hydrogen (secondary N) is 1. The van der Waals surface area contributed by atoms with Crippen molar-refractivity contribution in [2.75, 3.05) is 0 Å². The van der Waals surface area contributed by atoms with Crippen LogP contribution in [0.25, 0.3) is 0 Å². The van der Waals surface area contributed by atoms with Crippen LogP contribution in [0.4, 0.5) is 0 Å². The third-order valence-corrected chi connectivity index (χ3v) is 3.07. The predicted molar refractivity (Wildman–Crippen MR) is 61.2 cm³/mol. The molecule has 0 aromatic heterocycles. The number of dihydropyridines is 1. The van der Waals surface area contributed by atoms with E-state index in [1.165, 1.54) is 25.5 Å². The van der Waals surface area contributed by atoms with Crippen molar-refractivity contribution < 1.29 is 9.59 Å². The molecule has 4 nitrogen and oxygen atoms in total. The molecule has 16 heavy (non-hydrogen) atoms. The van der Waals surface area contributed by atoms with Gasteiger partial charge in [0, 0.05) is 17.8 Å². The van der Waals surface area contributed by atoms with Crippen molar-refractivity contribution in [3.63, 3.8) is 0 Å². The molecule has 1 aliphatic carbocycles. The minimum absolute atomic E-state index is 0.105. The molecule has 4 heteroatoms. The smallest absolute Gasteiger partial charge is 0.250 e. The van der Waals surface area contributed by atoms with Crippen molar-refractivity contribution in [2.24, 2.45) is 4.99 Å². The van der Waals surface area contributed by atoms with Crippen LogP contribution in [0.1, 0.15) is 38.5 Å². The fourth-order valence-electron chi connectivity index (χ4n) is 2.16. The van der Waals surface area contributed by atoms with Gasteiger partial charge in [0.15, 0.2) is 0 Å². The Bertz CT molecular complexity index is 352. The molecule has 0 aromatic carbocycles. The van der Waals surface area contributed by atoms with Gasteiger partial charge in [-0.05, 0) is 18.9 Å². The molecule has 1 saturated carbocycles. The SMILES string of the molecule is O=C1CC(C(=O)NC2CCCCC2)=CC=N1. The standard InChI is InChI=1S/C12H16N2O2/c15-11-8-9(6-7-13-11)12(16)14-10-4-2-1-3-5-10/h6-7,10H,1-5,8H2,(H,14,16). The number of carbonyl (C=O) groups is 2.